The van der Waals surface area contributed by atoms with Crippen LogP contribution in [-0.2, 0) is 0 Å². The third kappa shape index (κ3) is 2.02. The topological polar surface area (TPSA) is 58.9 Å². The Bertz CT molecular complexity index is 829. The van der Waals surface area contributed by atoms with Crippen LogP contribution in [0.5, 0.6) is 0 Å². The number of hydrogen-bond acceptors (Lipinski definition) is 2. The van der Waals surface area contributed by atoms with Crippen LogP contribution in [0.15, 0.2) is 42.5 Å². The lowest BCUT2D eigenvalue weighted by atomic mass is 10.1. The Balaban J connectivity index is 2.26. The maximum absolute atomic E-state index is 13.8. The second-order valence-corrected chi connectivity index (χ2v) is 4.74. The molecule has 0 spiro atoms. The number of hydrogen-bond donors (Lipinski definition) is 1. The Morgan fingerprint density at radius 2 is 2.00 bits per heavy atom. The minimum absolute atomic E-state index is 0.0209. The Kier molecular flexibility index (Phi) is 2.91. The average molecular weight is 291 g/mol. The minimum Gasteiger partial charge on any atom is -0.354 e. The Morgan fingerprint density at radius 1 is 1.20 bits per heavy atom. The van der Waals surface area contributed by atoms with Crippen LogP contribution in [0.2, 0.25) is 5.02 Å². The fourth-order valence-corrected chi connectivity index (χ4v) is 2.32. The molecule has 0 saturated carbocycles. The number of nitrogens with zero attached hydrogens (tertiary/aromatic N) is 1. The standard InChI is InChI=1S/C14H8ClFN2O2/c15-8-4-5-11(16)9(6-8)13-7-10-12(17-13)2-1-3-14(10)18(19)20/h1-7,17H. The number of aromatic nitrogens is 1. The summed E-state index contributed by atoms with van der Waals surface area (Å²) in [7, 11) is 0. The Hall–Kier alpha value is -2.40. The van der Waals surface area contributed by atoms with E-state index in [9.17, 15) is 14.5 Å². The van der Waals surface area contributed by atoms with E-state index in [-0.39, 0.29) is 11.3 Å². The van der Waals surface area contributed by atoms with E-state index < -0.39 is 10.7 Å². The second kappa shape index (κ2) is 4.61. The van der Waals surface area contributed by atoms with Crippen molar-refractivity contribution in [2.75, 3.05) is 0 Å². The van der Waals surface area contributed by atoms with Gasteiger partial charge in [0.2, 0.25) is 0 Å². The maximum Gasteiger partial charge on any atom is 0.278 e. The van der Waals surface area contributed by atoms with Gasteiger partial charge in [-0.1, -0.05) is 17.7 Å². The highest BCUT2D eigenvalue weighted by Crippen LogP contribution is 2.32. The summed E-state index contributed by atoms with van der Waals surface area (Å²) in [6.45, 7) is 0. The van der Waals surface area contributed by atoms with Crippen LogP contribution >= 0.6 is 11.6 Å². The van der Waals surface area contributed by atoms with Gasteiger partial charge in [-0.2, -0.15) is 0 Å². The van der Waals surface area contributed by atoms with Crippen LogP contribution in [0.3, 0.4) is 0 Å². The molecule has 3 rings (SSSR count). The number of halogens is 2. The number of H-pyrrole nitrogens is 1. The molecule has 20 heavy (non-hydrogen) atoms. The molecule has 0 amide bonds. The number of benzene rings is 2. The molecule has 100 valence electrons. The van der Waals surface area contributed by atoms with E-state index >= 15 is 0 Å². The maximum atomic E-state index is 13.8. The second-order valence-electron chi connectivity index (χ2n) is 4.30. The molecule has 0 unspecified atom stereocenters. The first-order valence-electron chi connectivity index (χ1n) is 5.78. The SMILES string of the molecule is O=[N+]([O-])c1cccc2[nH]c(-c3cc(Cl)ccc3F)cc12. The normalized spacial score (nSPS) is 10.9. The fourth-order valence-electron chi connectivity index (χ4n) is 2.15. The van der Waals surface area contributed by atoms with Crippen molar-refractivity contribution < 1.29 is 9.31 Å². The third-order valence-electron chi connectivity index (χ3n) is 3.06. The molecule has 3 aromatic rings. The zero-order valence-corrected chi connectivity index (χ0v) is 10.8. The summed E-state index contributed by atoms with van der Waals surface area (Å²) >= 11 is 5.86. The molecule has 0 saturated heterocycles. The molecular weight excluding hydrogens is 283 g/mol. The van der Waals surface area contributed by atoms with E-state index in [4.69, 9.17) is 11.6 Å². The molecule has 0 atom stereocenters. The molecule has 4 nitrogen and oxygen atoms in total. The number of nitro groups is 1. The van der Waals surface area contributed by atoms with Gasteiger partial charge in [-0.25, -0.2) is 4.39 Å². The summed E-state index contributed by atoms with van der Waals surface area (Å²) in [4.78, 5) is 13.5. The van der Waals surface area contributed by atoms with Crippen molar-refractivity contribution >= 4 is 28.2 Å². The molecule has 2 aromatic carbocycles. The molecular formula is C14H8ClFN2O2. The summed E-state index contributed by atoms with van der Waals surface area (Å²) in [5.74, 6) is -0.441. The lowest BCUT2D eigenvalue weighted by molar-refractivity contribution is -0.383. The number of fused-ring (bicyclic) bond motifs is 1. The first-order chi connectivity index (χ1) is 9.56. The van der Waals surface area contributed by atoms with Crippen LogP contribution in [0.25, 0.3) is 22.2 Å². The highest BCUT2D eigenvalue weighted by atomic mass is 35.5. The van der Waals surface area contributed by atoms with E-state index in [1.165, 1.54) is 24.3 Å². The summed E-state index contributed by atoms with van der Waals surface area (Å²) in [5, 5.41) is 11.8. The third-order valence-corrected chi connectivity index (χ3v) is 3.29. The molecule has 1 aromatic heterocycles. The van der Waals surface area contributed by atoms with Crippen LogP contribution in [0.1, 0.15) is 0 Å². The van der Waals surface area contributed by atoms with Gasteiger partial charge in [-0.15, -0.1) is 0 Å². The zero-order chi connectivity index (χ0) is 14.3. The Labute approximate surface area is 118 Å². The number of nitro benzene ring substituents is 1. The van der Waals surface area contributed by atoms with Crippen molar-refractivity contribution in [1.29, 1.82) is 0 Å². The predicted octanol–water partition coefficient (Wildman–Crippen LogP) is 4.54. The largest absolute Gasteiger partial charge is 0.354 e. The minimum atomic E-state index is -0.464. The highest BCUT2D eigenvalue weighted by molar-refractivity contribution is 6.30. The van der Waals surface area contributed by atoms with Gasteiger partial charge >= 0.3 is 0 Å². The summed E-state index contributed by atoms with van der Waals surface area (Å²) < 4.78 is 13.8. The first kappa shape index (κ1) is 12.6. The fraction of sp³-hybridized carbons (Fsp3) is 0. The van der Waals surface area contributed by atoms with Crippen molar-refractivity contribution in [2.45, 2.75) is 0 Å². The Morgan fingerprint density at radius 3 is 2.75 bits per heavy atom. The summed E-state index contributed by atoms with van der Waals surface area (Å²) in [5.41, 5.74) is 1.29. The number of aromatic amines is 1. The van der Waals surface area contributed by atoms with Crippen molar-refractivity contribution in [3.8, 4) is 11.3 Å². The molecule has 0 fully saturated rings. The van der Waals surface area contributed by atoms with Gasteiger partial charge in [-0.3, -0.25) is 10.1 Å². The van der Waals surface area contributed by atoms with Crippen molar-refractivity contribution in [3.05, 3.63) is 63.4 Å². The molecule has 0 bridgehead atoms. The smallest absolute Gasteiger partial charge is 0.278 e. The molecule has 1 N–H and O–H groups in total. The lowest BCUT2D eigenvalue weighted by Gasteiger charge is -2.00. The molecule has 0 aliphatic carbocycles. The van der Waals surface area contributed by atoms with Crippen molar-refractivity contribution in [1.82, 2.24) is 4.98 Å². The van der Waals surface area contributed by atoms with E-state index in [1.807, 2.05) is 0 Å². The van der Waals surface area contributed by atoms with Crippen LogP contribution in [-0.4, -0.2) is 9.91 Å². The van der Waals surface area contributed by atoms with Gasteiger partial charge in [0.1, 0.15) is 5.82 Å². The first-order valence-corrected chi connectivity index (χ1v) is 6.15. The van der Waals surface area contributed by atoms with Gasteiger partial charge < -0.3 is 4.98 Å². The number of nitrogens with one attached hydrogen (secondary N) is 1. The van der Waals surface area contributed by atoms with Gasteiger partial charge in [0, 0.05) is 22.3 Å². The van der Waals surface area contributed by atoms with Crippen LogP contribution < -0.4 is 0 Å². The van der Waals surface area contributed by atoms with Gasteiger partial charge in [0.05, 0.1) is 15.8 Å². The zero-order valence-electron chi connectivity index (χ0n) is 10.1. The molecule has 0 aliphatic heterocycles. The monoisotopic (exact) mass is 290 g/mol. The van der Waals surface area contributed by atoms with Crippen LogP contribution in [0, 0.1) is 15.9 Å². The molecule has 6 heteroatoms. The van der Waals surface area contributed by atoms with Crippen molar-refractivity contribution in [2.24, 2.45) is 0 Å². The number of non-ortho nitro benzene ring substituents is 1. The van der Waals surface area contributed by atoms with E-state index in [0.29, 0.717) is 21.6 Å². The van der Waals surface area contributed by atoms with Gasteiger partial charge in [-0.05, 0) is 30.3 Å². The van der Waals surface area contributed by atoms with E-state index in [0.717, 1.165) is 0 Å². The molecule has 0 aliphatic rings. The molecule has 0 radical (unpaired) electrons. The van der Waals surface area contributed by atoms with E-state index in [1.54, 1.807) is 18.2 Å². The number of rotatable bonds is 2. The van der Waals surface area contributed by atoms with Crippen molar-refractivity contribution in [3.63, 3.8) is 0 Å². The van der Waals surface area contributed by atoms with E-state index in [2.05, 4.69) is 4.98 Å². The highest BCUT2D eigenvalue weighted by Gasteiger charge is 2.16. The predicted molar refractivity (Wildman–Crippen MR) is 75.4 cm³/mol. The quantitative estimate of drug-likeness (QED) is 0.556. The molecule has 1 heterocycles. The van der Waals surface area contributed by atoms with Gasteiger partial charge in [0.15, 0.2) is 0 Å². The lowest BCUT2D eigenvalue weighted by Crippen LogP contribution is -1.87. The summed E-state index contributed by atoms with van der Waals surface area (Å²) in [6.07, 6.45) is 0. The average Bonchev–Trinajstić information content (AvgIpc) is 2.84. The summed E-state index contributed by atoms with van der Waals surface area (Å²) in [6, 6.07) is 10.4. The van der Waals surface area contributed by atoms with Gasteiger partial charge in [0.25, 0.3) is 5.69 Å². The van der Waals surface area contributed by atoms with Crippen LogP contribution in [0.4, 0.5) is 10.1 Å².